The molecule has 6 heteroatoms. The van der Waals surface area contributed by atoms with Crippen molar-refractivity contribution in [3.05, 3.63) is 48.1 Å². The molecule has 0 aliphatic rings. The van der Waals surface area contributed by atoms with Crippen LogP contribution in [0.15, 0.2) is 43.1 Å². The molecule has 0 fully saturated rings. The maximum Gasteiger partial charge on any atom is 0.229 e. The van der Waals surface area contributed by atoms with Crippen LogP contribution in [-0.2, 0) is 0 Å². The quantitative estimate of drug-likeness (QED) is 0.798. The summed E-state index contributed by atoms with van der Waals surface area (Å²) < 4.78 is 5.26. The van der Waals surface area contributed by atoms with Crippen molar-refractivity contribution in [1.82, 2.24) is 9.97 Å². The Morgan fingerprint density at radius 1 is 1.40 bits per heavy atom. The lowest BCUT2D eigenvalue weighted by molar-refractivity contribution is 0.417. The molecule has 0 saturated carbocycles. The first-order valence-electron chi connectivity index (χ1n) is 6.01. The predicted octanol–water partition coefficient (Wildman–Crippen LogP) is 3.48. The molecule has 0 saturated heterocycles. The largest absolute Gasteiger partial charge is 0.495 e. The van der Waals surface area contributed by atoms with Gasteiger partial charge in [0.1, 0.15) is 11.6 Å². The maximum absolute atomic E-state index is 5.98. The zero-order valence-corrected chi connectivity index (χ0v) is 11.8. The van der Waals surface area contributed by atoms with Crippen LogP contribution < -0.4 is 15.4 Å². The van der Waals surface area contributed by atoms with Crippen LogP contribution >= 0.6 is 11.6 Å². The number of benzene rings is 1. The van der Waals surface area contributed by atoms with Crippen LogP contribution in [0.1, 0.15) is 0 Å². The molecule has 0 amide bonds. The van der Waals surface area contributed by atoms with Crippen molar-refractivity contribution in [2.24, 2.45) is 0 Å². The van der Waals surface area contributed by atoms with Gasteiger partial charge in [-0.25, -0.2) is 4.98 Å². The Labute approximate surface area is 122 Å². The molecule has 2 aromatic rings. The number of ether oxygens (including phenoxy) is 1. The molecule has 0 aliphatic heterocycles. The van der Waals surface area contributed by atoms with Crippen molar-refractivity contribution < 1.29 is 4.74 Å². The van der Waals surface area contributed by atoms with Crippen LogP contribution in [0.2, 0.25) is 5.02 Å². The van der Waals surface area contributed by atoms with Crippen molar-refractivity contribution in [1.29, 1.82) is 0 Å². The minimum atomic E-state index is 0.458. The second kappa shape index (κ2) is 6.77. The fourth-order valence-electron chi connectivity index (χ4n) is 1.59. The number of hydrogen-bond acceptors (Lipinski definition) is 5. The highest BCUT2D eigenvalue weighted by Crippen LogP contribution is 2.29. The van der Waals surface area contributed by atoms with Gasteiger partial charge in [0.2, 0.25) is 5.95 Å². The Hall–Kier alpha value is -2.27. The van der Waals surface area contributed by atoms with Crippen LogP contribution in [0.3, 0.4) is 0 Å². The van der Waals surface area contributed by atoms with Gasteiger partial charge in [0.05, 0.1) is 12.8 Å². The highest BCUT2D eigenvalue weighted by molar-refractivity contribution is 6.30. The second-order valence-electron chi connectivity index (χ2n) is 3.90. The number of anilines is 3. The number of rotatable bonds is 6. The third kappa shape index (κ3) is 3.61. The molecule has 1 aromatic carbocycles. The SMILES string of the molecule is C=CCNc1ccnc(Nc2cc(Cl)ccc2OC)n1. The third-order valence-corrected chi connectivity index (χ3v) is 2.73. The Kier molecular flexibility index (Phi) is 4.79. The summed E-state index contributed by atoms with van der Waals surface area (Å²) in [5, 5.41) is 6.78. The van der Waals surface area contributed by atoms with E-state index in [0.29, 0.717) is 34.8 Å². The first kappa shape index (κ1) is 14.1. The number of aromatic nitrogens is 2. The third-order valence-electron chi connectivity index (χ3n) is 2.49. The highest BCUT2D eigenvalue weighted by Gasteiger charge is 2.06. The van der Waals surface area contributed by atoms with Crippen LogP contribution in [-0.4, -0.2) is 23.6 Å². The predicted molar refractivity (Wildman–Crippen MR) is 82.0 cm³/mol. The zero-order chi connectivity index (χ0) is 14.4. The van der Waals surface area contributed by atoms with Gasteiger partial charge >= 0.3 is 0 Å². The fraction of sp³-hybridized carbons (Fsp3) is 0.143. The van der Waals surface area contributed by atoms with Crippen LogP contribution in [0.25, 0.3) is 0 Å². The van der Waals surface area contributed by atoms with E-state index in [4.69, 9.17) is 16.3 Å². The highest BCUT2D eigenvalue weighted by atomic mass is 35.5. The summed E-state index contributed by atoms with van der Waals surface area (Å²) in [4.78, 5) is 8.49. The van der Waals surface area contributed by atoms with E-state index in [0.717, 1.165) is 0 Å². The van der Waals surface area contributed by atoms with E-state index in [-0.39, 0.29) is 0 Å². The molecule has 0 unspecified atom stereocenters. The molecule has 1 aromatic heterocycles. The maximum atomic E-state index is 5.98. The molecule has 0 aliphatic carbocycles. The molecule has 20 heavy (non-hydrogen) atoms. The number of halogens is 1. The average Bonchev–Trinajstić information content (AvgIpc) is 2.46. The monoisotopic (exact) mass is 290 g/mol. The van der Waals surface area contributed by atoms with E-state index in [2.05, 4.69) is 27.2 Å². The van der Waals surface area contributed by atoms with E-state index < -0.39 is 0 Å². The number of hydrogen-bond donors (Lipinski definition) is 2. The van der Waals surface area contributed by atoms with Crippen molar-refractivity contribution in [3.8, 4) is 5.75 Å². The summed E-state index contributed by atoms with van der Waals surface area (Å²) in [6.45, 7) is 4.28. The number of nitrogens with one attached hydrogen (secondary N) is 2. The van der Waals surface area contributed by atoms with Gasteiger partial charge in [-0.2, -0.15) is 4.98 Å². The smallest absolute Gasteiger partial charge is 0.229 e. The van der Waals surface area contributed by atoms with Crippen LogP contribution in [0, 0.1) is 0 Å². The van der Waals surface area contributed by atoms with E-state index in [1.807, 2.05) is 0 Å². The summed E-state index contributed by atoms with van der Waals surface area (Å²) in [6, 6.07) is 7.08. The minimum absolute atomic E-state index is 0.458. The summed E-state index contributed by atoms with van der Waals surface area (Å²) in [7, 11) is 1.59. The van der Waals surface area contributed by atoms with Gasteiger partial charge < -0.3 is 15.4 Å². The Bertz CT molecular complexity index is 603. The van der Waals surface area contributed by atoms with Crippen LogP contribution in [0.4, 0.5) is 17.5 Å². The lowest BCUT2D eigenvalue weighted by Gasteiger charge is -2.11. The van der Waals surface area contributed by atoms with Gasteiger partial charge in [-0.3, -0.25) is 0 Å². The lowest BCUT2D eigenvalue weighted by atomic mass is 10.3. The van der Waals surface area contributed by atoms with E-state index in [1.54, 1.807) is 43.6 Å². The molecular weight excluding hydrogens is 276 g/mol. The number of methoxy groups -OCH3 is 1. The van der Waals surface area contributed by atoms with Gasteiger partial charge in [-0.15, -0.1) is 6.58 Å². The molecule has 104 valence electrons. The van der Waals surface area contributed by atoms with Gasteiger partial charge in [0, 0.05) is 17.8 Å². The molecule has 0 atom stereocenters. The first-order valence-corrected chi connectivity index (χ1v) is 6.39. The zero-order valence-electron chi connectivity index (χ0n) is 11.1. The van der Waals surface area contributed by atoms with Crippen molar-refractivity contribution in [2.75, 3.05) is 24.3 Å². The molecular formula is C14H15ClN4O. The topological polar surface area (TPSA) is 59.1 Å². The summed E-state index contributed by atoms with van der Waals surface area (Å²) in [6.07, 6.45) is 3.42. The van der Waals surface area contributed by atoms with Crippen molar-refractivity contribution >= 4 is 29.1 Å². The normalized spacial score (nSPS) is 9.90. The molecule has 2 N–H and O–H groups in total. The standard InChI is InChI=1S/C14H15ClN4O/c1-3-7-16-13-6-8-17-14(19-13)18-11-9-10(15)4-5-12(11)20-2/h3-6,8-9H,1,7H2,2H3,(H2,16,17,18,19). The van der Waals surface area contributed by atoms with Gasteiger partial charge in [0.25, 0.3) is 0 Å². The molecule has 0 radical (unpaired) electrons. The van der Waals surface area contributed by atoms with Crippen molar-refractivity contribution in [2.45, 2.75) is 0 Å². The fourth-order valence-corrected chi connectivity index (χ4v) is 1.76. The molecule has 0 spiro atoms. The average molecular weight is 291 g/mol. The van der Waals surface area contributed by atoms with E-state index in [9.17, 15) is 0 Å². The van der Waals surface area contributed by atoms with Gasteiger partial charge in [-0.05, 0) is 24.3 Å². The number of nitrogens with zero attached hydrogens (tertiary/aromatic N) is 2. The minimum Gasteiger partial charge on any atom is -0.495 e. The Morgan fingerprint density at radius 2 is 2.25 bits per heavy atom. The molecule has 2 rings (SSSR count). The Balaban J connectivity index is 2.21. The summed E-state index contributed by atoms with van der Waals surface area (Å²) >= 11 is 5.98. The van der Waals surface area contributed by atoms with Crippen LogP contribution in [0.5, 0.6) is 5.75 Å². The lowest BCUT2D eigenvalue weighted by Crippen LogP contribution is -2.04. The van der Waals surface area contributed by atoms with E-state index in [1.165, 1.54) is 0 Å². The van der Waals surface area contributed by atoms with E-state index >= 15 is 0 Å². The first-order chi connectivity index (χ1) is 9.72. The molecule has 1 heterocycles. The van der Waals surface area contributed by atoms with Crippen molar-refractivity contribution in [3.63, 3.8) is 0 Å². The molecule has 0 bridgehead atoms. The van der Waals surface area contributed by atoms with Gasteiger partial charge in [0.15, 0.2) is 0 Å². The Morgan fingerprint density at radius 3 is 3.00 bits per heavy atom. The van der Waals surface area contributed by atoms with Gasteiger partial charge in [-0.1, -0.05) is 17.7 Å². The molecule has 5 nitrogen and oxygen atoms in total. The summed E-state index contributed by atoms with van der Waals surface area (Å²) in [5.41, 5.74) is 0.709. The summed E-state index contributed by atoms with van der Waals surface area (Å²) in [5.74, 6) is 1.84. The second-order valence-corrected chi connectivity index (χ2v) is 4.34.